The molecular weight excluding hydrogens is 431 g/mol. The Hall–Kier alpha value is -2.65. The van der Waals surface area contributed by atoms with E-state index in [1.54, 1.807) is 0 Å². The molecule has 0 unspecified atom stereocenters. The Morgan fingerprint density at radius 1 is 1.24 bits per heavy atom. The minimum atomic E-state index is -4.60. The maximum absolute atomic E-state index is 13.3. The van der Waals surface area contributed by atoms with Crippen molar-refractivity contribution in [3.8, 4) is 16.9 Å². The molecule has 0 spiro atoms. The molecule has 0 aliphatic carbocycles. The van der Waals surface area contributed by atoms with Gasteiger partial charge in [-0.15, -0.1) is 11.8 Å². The summed E-state index contributed by atoms with van der Waals surface area (Å²) in [5, 5.41) is 9.37. The number of benzene rings is 2. The zero-order valence-electron chi connectivity index (χ0n) is 14.8. The number of aliphatic carboxylic acids is 1. The van der Waals surface area contributed by atoms with Crippen LogP contribution < -0.4 is 10.3 Å². The lowest BCUT2D eigenvalue weighted by Gasteiger charge is -2.16. The molecule has 2 aromatic carbocycles. The molecule has 0 fully saturated rings. The molecule has 0 saturated heterocycles. The van der Waals surface area contributed by atoms with Crippen molar-refractivity contribution in [2.24, 2.45) is 0 Å². The number of alkyl halides is 3. The van der Waals surface area contributed by atoms with Crippen LogP contribution in [0.1, 0.15) is 5.56 Å². The highest BCUT2D eigenvalue weighted by atomic mass is 35.5. The van der Waals surface area contributed by atoms with Crippen LogP contribution in [0.5, 0.6) is 5.75 Å². The molecular formula is C19H13ClF3NO4S. The third-order valence-corrected chi connectivity index (χ3v) is 5.37. The molecule has 29 heavy (non-hydrogen) atoms. The van der Waals surface area contributed by atoms with Gasteiger partial charge in [-0.3, -0.25) is 9.59 Å². The molecule has 5 nitrogen and oxygen atoms in total. The number of thioether (sulfide) groups is 1. The van der Waals surface area contributed by atoms with E-state index in [0.29, 0.717) is 11.8 Å². The first-order valence-electron chi connectivity index (χ1n) is 8.07. The first-order valence-corrected chi connectivity index (χ1v) is 9.44. The van der Waals surface area contributed by atoms with Crippen LogP contribution in [0.15, 0.2) is 46.1 Å². The molecule has 0 aliphatic rings. The Balaban J connectivity index is 2.44. The normalized spacial score (nSPS) is 11.6. The highest BCUT2D eigenvalue weighted by Crippen LogP contribution is 2.42. The summed E-state index contributed by atoms with van der Waals surface area (Å²) >= 11 is 6.78. The number of carboxylic acid groups (broad SMARTS) is 1. The molecule has 0 saturated carbocycles. The van der Waals surface area contributed by atoms with E-state index in [0.717, 1.165) is 18.2 Å². The summed E-state index contributed by atoms with van der Waals surface area (Å²) < 4.78 is 45.2. The number of carbonyl (C=O) groups is 1. The molecule has 1 aromatic heterocycles. The molecule has 0 radical (unpaired) electrons. The van der Waals surface area contributed by atoms with Crippen LogP contribution in [-0.2, 0) is 11.0 Å². The molecule has 10 heteroatoms. The van der Waals surface area contributed by atoms with Crippen molar-refractivity contribution in [3.05, 3.63) is 57.3 Å². The fourth-order valence-corrected chi connectivity index (χ4v) is 3.85. The minimum Gasteiger partial charge on any atom is -0.496 e. The van der Waals surface area contributed by atoms with Crippen molar-refractivity contribution >= 4 is 40.2 Å². The van der Waals surface area contributed by atoms with Gasteiger partial charge >= 0.3 is 12.1 Å². The third kappa shape index (κ3) is 4.35. The Kier molecular flexibility index (Phi) is 5.81. The largest absolute Gasteiger partial charge is 0.496 e. The number of halogens is 4. The second kappa shape index (κ2) is 8.00. The van der Waals surface area contributed by atoms with Gasteiger partial charge in [-0.05, 0) is 36.4 Å². The summed E-state index contributed by atoms with van der Waals surface area (Å²) in [4.78, 5) is 26.1. The third-order valence-electron chi connectivity index (χ3n) is 4.07. The summed E-state index contributed by atoms with van der Waals surface area (Å²) in [6, 6.07) is 7.44. The van der Waals surface area contributed by atoms with Crippen LogP contribution in [0.25, 0.3) is 22.0 Å². The van der Waals surface area contributed by atoms with Gasteiger partial charge in [-0.25, -0.2) is 0 Å². The molecule has 152 valence electrons. The SMILES string of the molecule is COc1ccc(Cl)cc1-c1c(SCC(=O)O)c(=O)[nH]c2ccc(C(F)(F)F)cc12. The van der Waals surface area contributed by atoms with Crippen molar-refractivity contribution in [2.45, 2.75) is 11.1 Å². The summed E-state index contributed by atoms with van der Waals surface area (Å²) in [6.07, 6.45) is -4.60. The molecule has 3 aromatic rings. The number of methoxy groups -OCH3 is 1. The fraction of sp³-hybridized carbons (Fsp3) is 0.158. The van der Waals surface area contributed by atoms with Gasteiger partial charge in [0.15, 0.2) is 0 Å². The quantitative estimate of drug-likeness (QED) is 0.539. The van der Waals surface area contributed by atoms with E-state index in [1.807, 2.05) is 0 Å². The highest BCUT2D eigenvalue weighted by molar-refractivity contribution is 8.00. The lowest BCUT2D eigenvalue weighted by Crippen LogP contribution is -2.13. The Morgan fingerprint density at radius 2 is 1.97 bits per heavy atom. The van der Waals surface area contributed by atoms with Crippen LogP contribution in [0.2, 0.25) is 5.02 Å². The van der Waals surface area contributed by atoms with Gasteiger partial charge in [0, 0.05) is 27.1 Å². The average molecular weight is 444 g/mol. The number of aromatic nitrogens is 1. The number of nitrogens with one attached hydrogen (secondary N) is 1. The highest BCUT2D eigenvalue weighted by Gasteiger charge is 2.31. The predicted molar refractivity (Wildman–Crippen MR) is 105 cm³/mol. The summed E-state index contributed by atoms with van der Waals surface area (Å²) in [5.74, 6) is -1.36. The zero-order chi connectivity index (χ0) is 21.3. The number of hydrogen-bond donors (Lipinski definition) is 2. The van der Waals surface area contributed by atoms with Gasteiger partial charge in [0.2, 0.25) is 0 Å². The van der Waals surface area contributed by atoms with Gasteiger partial charge in [0.05, 0.1) is 23.3 Å². The number of H-pyrrole nitrogens is 1. The summed E-state index contributed by atoms with van der Waals surface area (Å²) in [6.45, 7) is 0. The Bertz CT molecular complexity index is 1160. The van der Waals surface area contributed by atoms with Crippen molar-refractivity contribution < 1.29 is 27.8 Å². The van der Waals surface area contributed by atoms with Crippen LogP contribution in [0, 0.1) is 0 Å². The molecule has 0 amide bonds. The maximum Gasteiger partial charge on any atom is 0.416 e. The van der Waals surface area contributed by atoms with E-state index in [-0.39, 0.29) is 37.7 Å². The molecule has 0 bridgehead atoms. The van der Waals surface area contributed by atoms with Gasteiger partial charge in [0.1, 0.15) is 5.75 Å². The van der Waals surface area contributed by atoms with Crippen LogP contribution in [0.3, 0.4) is 0 Å². The number of pyridine rings is 1. The molecule has 3 rings (SSSR count). The smallest absolute Gasteiger partial charge is 0.416 e. The van der Waals surface area contributed by atoms with Crippen LogP contribution in [-0.4, -0.2) is 28.9 Å². The Morgan fingerprint density at radius 3 is 2.59 bits per heavy atom. The number of ether oxygens (including phenoxy) is 1. The monoisotopic (exact) mass is 443 g/mol. The second-order valence-corrected chi connectivity index (χ2v) is 7.37. The summed E-state index contributed by atoms with van der Waals surface area (Å²) in [5.41, 5.74) is -0.961. The van der Waals surface area contributed by atoms with Crippen LogP contribution >= 0.6 is 23.4 Å². The van der Waals surface area contributed by atoms with Crippen molar-refractivity contribution in [3.63, 3.8) is 0 Å². The summed E-state index contributed by atoms with van der Waals surface area (Å²) in [7, 11) is 1.37. The van der Waals surface area contributed by atoms with E-state index in [4.69, 9.17) is 21.4 Å². The average Bonchev–Trinajstić information content (AvgIpc) is 2.64. The van der Waals surface area contributed by atoms with E-state index in [9.17, 15) is 22.8 Å². The van der Waals surface area contributed by atoms with Crippen molar-refractivity contribution in [2.75, 3.05) is 12.9 Å². The van der Waals surface area contributed by atoms with Gasteiger partial charge < -0.3 is 14.8 Å². The van der Waals surface area contributed by atoms with E-state index in [1.165, 1.54) is 25.3 Å². The van der Waals surface area contributed by atoms with Gasteiger partial charge in [-0.1, -0.05) is 11.6 Å². The lowest BCUT2D eigenvalue weighted by atomic mass is 9.98. The van der Waals surface area contributed by atoms with Crippen molar-refractivity contribution in [1.29, 1.82) is 0 Å². The van der Waals surface area contributed by atoms with Gasteiger partial charge in [-0.2, -0.15) is 13.2 Å². The van der Waals surface area contributed by atoms with Crippen molar-refractivity contribution in [1.82, 2.24) is 4.98 Å². The van der Waals surface area contributed by atoms with E-state index >= 15 is 0 Å². The zero-order valence-corrected chi connectivity index (χ0v) is 16.3. The number of hydrogen-bond acceptors (Lipinski definition) is 4. The first-order chi connectivity index (χ1) is 13.6. The standard InChI is InChI=1S/C19H13ClF3NO4S/c1-28-14-5-3-10(20)7-12(14)16-11-6-9(19(21,22)23)2-4-13(11)24-18(27)17(16)29-8-15(25)26/h2-7H,8H2,1H3,(H,24,27)(H,25,26). The number of rotatable bonds is 5. The predicted octanol–water partition coefficient (Wildman–Crippen LogP) is 5.05. The Labute approximate surface area is 171 Å². The lowest BCUT2D eigenvalue weighted by molar-refractivity contribution is -0.137. The molecule has 0 atom stereocenters. The minimum absolute atomic E-state index is 0.0419. The number of aromatic amines is 1. The van der Waals surface area contributed by atoms with Crippen LogP contribution in [0.4, 0.5) is 13.2 Å². The molecule has 1 heterocycles. The van der Waals surface area contributed by atoms with E-state index < -0.39 is 29.0 Å². The molecule has 0 aliphatic heterocycles. The fourth-order valence-electron chi connectivity index (χ4n) is 2.87. The maximum atomic E-state index is 13.3. The van der Waals surface area contributed by atoms with Gasteiger partial charge in [0.25, 0.3) is 5.56 Å². The molecule has 2 N–H and O–H groups in total. The topological polar surface area (TPSA) is 79.4 Å². The first kappa shape index (κ1) is 21.1. The number of fused-ring (bicyclic) bond motifs is 1. The van der Waals surface area contributed by atoms with E-state index in [2.05, 4.69) is 4.98 Å². The number of carboxylic acids is 1. The second-order valence-electron chi connectivity index (χ2n) is 5.94.